The minimum absolute atomic E-state index is 0.0365. The number of nitrogen functional groups attached to an aromatic ring is 1. The first-order valence-corrected chi connectivity index (χ1v) is 10.3. The highest BCUT2D eigenvalue weighted by molar-refractivity contribution is 5.88. The normalized spacial score (nSPS) is 15.3. The summed E-state index contributed by atoms with van der Waals surface area (Å²) in [5, 5.41) is 5.51. The molecule has 1 aromatic heterocycles. The molecule has 0 bridgehead atoms. The lowest BCUT2D eigenvalue weighted by molar-refractivity contribution is -0.129. The van der Waals surface area contributed by atoms with Gasteiger partial charge in [0.1, 0.15) is 11.9 Å². The number of nitrogens with zero attached hydrogens (tertiary/aromatic N) is 2. The minimum Gasteiger partial charge on any atom is -0.384 e. The number of halogens is 2. The monoisotopic (exact) mass is 431 g/mol. The van der Waals surface area contributed by atoms with Crippen LogP contribution in [0, 0.1) is 11.6 Å². The van der Waals surface area contributed by atoms with Crippen LogP contribution >= 0.6 is 0 Å². The molecular weight excluding hydrogens is 404 g/mol. The molecule has 4 N–H and O–H groups in total. The standard InChI is InChI=1S/C22H27F2N5O2/c23-17-6-4-15(10-18(17)24)11-19(28-21(30)14-29-8-2-1-3-9-29)22(31)27-13-16-5-7-20(25)26-12-16/h4-7,10,12,19H,1-3,8-9,11,13-14H2,(H2,25,26)(H,27,31)(H,28,30). The Hall–Kier alpha value is -3.07. The van der Waals surface area contributed by atoms with Crippen LogP contribution in [0.25, 0.3) is 0 Å². The molecule has 0 spiro atoms. The van der Waals surface area contributed by atoms with Crippen molar-refractivity contribution in [2.45, 2.75) is 38.3 Å². The second kappa shape index (κ2) is 10.8. The number of nitrogens with one attached hydrogen (secondary N) is 2. The molecule has 9 heteroatoms. The number of piperidine rings is 1. The molecule has 1 aromatic carbocycles. The summed E-state index contributed by atoms with van der Waals surface area (Å²) in [6.07, 6.45) is 4.83. The van der Waals surface area contributed by atoms with Gasteiger partial charge in [-0.05, 0) is 55.3 Å². The van der Waals surface area contributed by atoms with Crippen molar-refractivity contribution in [1.82, 2.24) is 20.5 Å². The van der Waals surface area contributed by atoms with E-state index in [0.29, 0.717) is 11.4 Å². The van der Waals surface area contributed by atoms with Crippen LogP contribution in [-0.4, -0.2) is 47.4 Å². The molecule has 0 saturated carbocycles. The zero-order valence-corrected chi connectivity index (χ0v) is 17.2. The molecular formula is C22H27F2N5O2. The quantitative estimate of drug-likeness (QED) is 0.592. The third kappa shape index (κ3) is 6.99. The number of pyridine rings is 1. The highest BCUT2D eigenvalue weighted by Crippen LogP contribution is 2.12. The molecule has 2 heterocycles. The molecule has 0 radical (unpaired) electrons. The number of hydrogen-bond acceptors (Lipinski definition) is 5. The highest BCUT2D eigenvalue weighted by Gasteiger charge is 2.23. The lowest BCUT2D eigenvalue weighted by Crippen LogP contribution is -2.50. The third-order valence-electron chi connectivity index (χ3n) is 5.21. The zero-order chi connectivity index (χ0) is 22.2. The second-order valence-corrected chi connectivity index (χ2v) is 7.72. The fourth-order valence-electron chi connectivity index (χ4n) is 3.53. The van der Waals surface area contributed by atoms with Crippen LogP contribution in [0.1, 0.15) is 30.4 Å². The molecule has 0 aliphatic carbocycles. The number of aromatic nitrogens is 1. The van der Waals surface area contributed by atoms with Crippen LogP contribution in [0.2, 0.25) is 0 Å². The lowest BCUT2D eigenvalue weighted by atomic mass is 10.0. The molecule has 7 nitrogen and oxygen atoms in total. The minimum atomic E-state index is -0.996. The van der Waals surface area contributed by atoms with Crippen molar-refractivity contribution in [3.05, 3.63) is 59.3 Å². The largest absolute Gasteiger partial charge is 0.384 e. The summed E-state index contributed by atoms with van der Waals surface area (Å²) in [6, 6.07) is 5.89. The maximum absolute atomic E-state index is 13.6. The van der Waals surface area contributed by atoms with Gasteiger partial charge < -0.3 is 16.4 Å². The van der Waals surface area contributed by atoms with E-state index in [4.69, 9.17) is 5.73 Å². The topological polar surface area (TPSA) is 100 Å². The number of likely N-dealkylation sites (tertiary alicyclic amines) is 1. The van der Waals surface area contributed by atoms with Crippen LogP contribution in [0.15, 0.2) is 36.5 Å². The molecule has 1 aliphatic rings. The zero-order valence-electron chi connectivity index (χ0n) is 17.2. The van der Waals surface area contributed by atoms with Crippen molar-refractivity contribution < 1.29 is 18.4 Å². The first-order chi connectivity index (χ1) is 14.9. The van der Waals surface area contributed by atoms with Crippen LogP contribution in [-0.2, 0) is 22.6 Å². The lowest BCUT2D eigenvalue weighted by Gasteiger charge is -2.27. The van der Waals surface area contributed by atoms with Gasteiger partial charge in [-0.2, -0.15) is 0 Å². The van der Waals surface area contributed by atoms with Crippen molar-refractivity contribution in [2.75, 3.05) is 25.4 Å². The number of carbonyl (C=O) groups is 2. The number of hydrogen-bond donors (Lipinski definition) is 3. The Kier molecular flexibility index (Phi) is 7.88. The Labute approximate surface area is 180 Å². The van der Waals surface area contributed by atoms with Gasteiger partial charge in [0.05, 0.1) is 6.54 Å². The number of amides is 2. The van der Waals surface area contributed by atoms with E-state index in [9.17, 15) is 18.4 Å². The molecule has 1 aliphatic heterocycles. The highest BCUT2D eigenvalue weighted by atomic mass is 19.2. The molecule has 2 aromatic rings. The third-order valence-corrected chi connectivity index (χ3v) is 5.21. The number of rotatable bonds is 8. The number of nitrogens with two attached hydrogens (primary N) is 1. The van der Waals surface area contributed by atoms with E-state index in [0.717, 1.165) is 50.0 Å². The van der Waals surface area contributed by atoms with Crippen molar-refractivity contribution in [3.8, 4) is 0 Å². The summed E-state index contributed by atoms with van der Waals surface area (Å²) in [7, 11) is 0. The van der Waals surface area contributed by atoms with Gasteiger partial charge in [0, 0.05) is 19.2 Å². The summed E-state index contributed by atoms with van der Waals surface area (Å²) in [5.41, 5.74) is 6.72. The van der Waals surface area contributed by atoms with E-state index in [1.54, 1.807) is 18.3 Å². The summed E-state index contributed by atoms with van der Waals surface area (Å²) >= 11 is 0. The molecule has 1 atom stereocenters. The first kappa shape index (κ1) is 22.6. The fourth-order valence-corrected chi connectivity index (χ4v) is 3.53. The predicted octanol–water partition coefficient (Wildman–Crippen LogP) is 1.77. The summed E-state index contributed by atoms with van der Waals surface area (Å²) in [5.74, 6) is -2.29. The van der Waals surface area contributed by atoms with Gasteiger partial charge >= 0.3 is 0 Å². The smallest absolute Gasteiger partial charge is 0.243 e. The Morgan fingerprint density at radius 3 is 2.48 bits per heavy atom. The molecule has 3 rings (SSSR count). The Morgan fingerprint density at radius 2 is 1.81 bits per heavy atom. The fraction of sp³-hybridized carbons (Fsp3) is 0.409. The average molecular weight is 431 g/mol. The van der Waals surface area contributed by atoms with Gasteiger partial charge in [0.2, 0.25) is 11.8 Å². The Morgan fingerprint density at radius 1 is 1.06 bits per heavy atom. The van der Waals surface area contributed by atoms with Crippen LogP contribution in [0.3, 0.4) is 0 Å². The molecule has 1 unspecified atom stereocenters. The van der Waals surface area contributed by atoms with E-state index in [1.165, 1.54) is 6.07 Å². The van der Waals surface area contributed by atoms with Crippen molar-refractivity contribution >= 4 is 17.6 Å². The molecule has 1 saturated heterocycles. The van der Waals surface area contributed by atoms with Gasteiger partial charge in [0.25, 0.3) is 0 Å². The maximum atomic E-state index is 13.6. The SMILES string of the molecule is Nc1ccc(CNC(=O)C(Cc2ccc(F)c(F)c2)NC(=O)CN2CCCCC2)cn1. The van der Waals surface area contributed by atoms with Crippen molar-refractivity contribution in [3.63, 3.8) is 0 Å². The van der Waals surface area contributed by atoms with E-state index in [2.05, 4.69) is 15.6 Å². The maximum Gasteiger partial charge on any atom is 0.243 e. The van der Waals surface area contributed by atoms with Crippen LogP contribution in [0.5, 0.6) is 0 Å². The summed E-state index contributed by atoms with van der Waals surface area (Å²) < 4.78 is 26.9. The Balaban J connectivity index is 1.65. The molecule has 1 fully saturated rings. The molecule has 31 heavy (non-hydrogen) atoms. The van der Waals surface area contributed by atoms with Crippen LogP contribution < -0.4 is 16.4 Å². The summed E-state index contributed by atoms with van der Waals surface area (Å²) in [6.45, 7) is 2.08. The van der Waals surface area contributed by atoms with Gasteiger partial charge in [0.15, 0.2) is 11.6 Å². The van der Waals surface area contributed by atoms with E-state index < -0.39 is 23.6 Å². The molecule has 2 amide bonds. The van der Waals surface area contributed by atoms with Gasteiger partial charge in [-0.1, -0.05) is 18.6 Å². The van der Waals surface area contributed by atoms with E-state index >= 15 is 0 Å². The predicted molar refractivity (Wildman–Crippen MR) is 113 cm³/mol. The van der Waals surface area contributed by atoms with E-state index in [-0.39, 0.29) is 25.4 Å². The molecule has 166 valence electrons. The van der Waals surface area contributed by atoms with Crippen molar-refractivity contribution in [1.29, 1.82) is 0 Å². The first-order valence-electron chi connectivity index (χ1n) is 10.3. The van der Waals surface area contributed by atoms with Crippen molar-refractivity contribution in [2.24, 2.45) is 0 Å². The number of benzene rings is 1. The average Bonchev–Trinajstić information content (AvgIpc) is 2.76. The number of anilines is 1. The van der Waals surface area contributed by atoms with Gasteiger partial charge in [-0.25, -0.2) is 13.8 Å². The van der Waals surface area contributed by atoms with E-state index in [1.807, 2.05) is 4.90 Å². The second-order valence-electron chi connectivity index (χ2n) is 7.72. The van der Waals surface area contributed by atoms with Gasteiger partial charge in [-0.15, -0.1) is 0 Å². The number of carbonyl (C=O) groups excluding carboxylic acids is 2. The Bertz CT molecular complexity index is 901. The van der Waals surface area contributed by atoms with Gasteiger partial charge in [-0.3, -0.25) is 14.5 Å². The van der Waals surface area contributed by atoms with Crippen LogP contribution in [0.4, 0.5) is 14.6 Å². The summed E-state index contributed by atoms with van der Waals surface area (Å²) in [4.78, 5) is 31.4.